The first-order chi connectivity index (χ1) is 14.3. The van der Waals surface area contributed by atoms with Gasteiger partial charge in [0.15, 0.2) is 0 Å². The number of benzene rings is 2. The van der Waals surface area contributed by atoms with Crippen molar-refractivity contribution in [1.82, 2.24) is 0 Å². The first-order valence-electron chi connectivity index (χ1n) is 9.71. The molecule has 0 amide bonds. The van der Waals surface area contributed by atoms with E-state index in [2.05, 4.69) is 0 Å². The molecular formula is C22H25F6NO2. The van der Waals surface area contributed by atoms with Crippen LogP contribution >= 0.6 is 0 Å². The van der Waals surface area contributed by atoms with Crippen LogP contribution in [0.4, 0.5) is 26.3 Å². The standard InChI is InChI=1S/C22H25F6NO2/c1-20(29,14-30)11-10-16-6-9-19(18(13-16)22(26,27)28)31-12-2-3-15-4-7-17(8-5-15)21(23,24)25/h4-9,13,30H,2-3,10-12,14,29H2,1H3/t20-/m1/s1. The van der Waals surface area contributed by atoms with Crippen LogP contribution < -0.4 is 10.5 Å². The number of hydrogen-bond donors (Lipinski definition) is 2. The molecule has 0 radical (unpaired) electrons. The van der Waals surface area contributed by atoms with Gasteiger partial charge in [0.25, 0.3) is 0 Å². The maximum Gasteiger partial charge on any atom is 0.419 e. The Kier molecular flexibility index (Phi) is 7.99. The fourth-order valence-corrected chi connectivity index (χ4v) is 2.91. The van der Waals surface area contributed by atoms with Gasteiger partial charge in [0.1, 0.15) is 5.75 Å². The van der Waals surface area contributed by atoms with Crippen molar-refractivity contribution < 1.29 is 36.2 Å². The first kappa shape index (κ1) is 25.0. The summed E-state index contributed by atoms with van der Waals surface area (Å²) in [6.45, 7) is 1.32. The predicted molar refractivity (Wildman–Crippen MR) is 105 cm³/mol. The quantitative estimate of drug-likeness (QED) is 0.399. The largest absolute Gasteiger partial charge is 0.493 e. The summed E-state index contributed by atoms with van der Waals surface area (Å²) in [5.74, 6) is -0.304. The Bertz CT molecular complexity index is 845. The van der Waals surface area contributed by atoms with Crippen molar-refractivity contribution in [2.45, 2.75) is 50.5 Å². The molecule has 0 unspecified atom stereocenters. The van der Waals surface area contributed by atoms with Gasteiger partial charge in [-0.1, -0.05) is 18.2 Å². The highest BCUT2D eigenvalue weighted by Gasteiger charge is 2.35. The number of rotatable bonds is 9. The molecule has 0 saturated carbocycles. The molecule has 2 aromatic rings. The summed E-state index contributed by atoms with van der Waals surface area (Å²) in [6.07, 6.45) is -7.73. The van der Waals surface area contributed by atoms with Gasteiger partial charge in [-0.25, -0.2) is 0 Å². The van der Waals surface area contributed by atoms with E-state index in [1.165, 1.54) is 24.3 Å². The Morgan fingerprint density at radius 1 is 0.871 bits per heavy atom. The number of aliphatic hydroxyl groups excluding tert-OH is 1. The van der Waals surface area contributed by atoms with Gasteiger partial charge >= 0.3 is 12.4 Å². The van der Waals surface area contributed by atoms with Crippen LogP contribution in [0.2, 0.25) is 0 Å². The number of ether oxygens (including phenoxy) is 1. The molecule has 0 spiro atoms. The lowest BCUT2D eigenvalue weighted by atomic mass is 9.94. The molecule has 172 valence electrons. The Hall–Kier alpha value is -2.26. The molecule has 0 aromatic heterocycles. The van der Waals surface area contributed by atoms with Crippen LogP contribution in [0, 0.1) is 0 Å². The molecule has 9 heteroatoms. The van der Waals surface area contributed by atoms with Crippen LogP contribution in [-0.2, 0) is 25.2 Å². The van der Waals surface area contributed by atoms with Crippen LogP contribution in [0.3, 0.4) is 0 Å². The SMILES string of the molecule is C[C@](N)(CO)CCc1ccc(OCCCc2ccc(C(F)(F)F)cc2)c(C(F)(F)F)c1. The van der Waals surface area contributed by atoms with Crippen LogP contribution in [0.25, 0.3) is 0 Å². The molecule has 1 atom stereocenters. The maximum absolute atomic E-state index is 13.4. The third kappa shape index (κ3) is 7.74. The molecule has 0 fully saturated rings. The van der Waals surface area contributed by atoms with Crippen molar-refractivity contribution in [2.75, 3.05) is 13.2 Å². The Morgan fingerprint density at radius 2 is 1.48 bits per heavy atom. The highest BCUT2D eigenvalue weighted by Crippen LogP contribution is 2.37. The summed E-state index contributed by atoms with van der Waals surface area (Å²) in [5.41, 5.74) is 4.35. The van der Waals surface area contributed by atoms with E-state index >= 15 is 0 Å². The van der Waals surface area contributed by atoms with Gasteiger partial charge in [-0.05, 0) is 68.0 Å². The fourth-order valence-electron chi connectivity index (χ4n) is 2.91. The molecule has 3 nitrogen and oxygen atoms in total. The van der Waals surface area contributed by atoms with Crippen molar-refractivity contribution in [3.8, 4) is 5.75 Å². The maximum atomic E-state index is 13.4. The van der Waals surface area contributed by atoms with E-state index in [1.807, 2.05) is 0 Å². The summed E-state index contributed by atoms with van der Waals surface area (Å²) < 4.78 is 83.4. The third-order valence-electron chi connectivity index (χ3n) is 4.84. The fraction of sp³-hybridized carbons (Fsp3) is 0.455. The van der Waals surface area contributed by atoms with Gasteiger partial charge in [0, 0.05) is 5.54 Å². The first-order valence-corrected chi connectivity index (χ1v) is 9.71. The van der Waals surface area contributed by atoms with Gasteiger partial charge in [-0.2, -0.15) is 26.3 Å². The van der Waals surface area contributed by atoms with Gasteiger partial charge in [-0.3, -0.25) is 0 Å². The molecule has 2 rings (SSSR count). The normalized spacial score (nSPS) is 14.4. The minimum atomic E-state index is -4.61. The van der Waals surface area contributed by atoms with E-state index in [4.69, 9.17) is 10.5 Å². The molecule has 0 aliphatic heterocycles. The Morgan fingerprint density at radius 3 is 2.03 bits per heavy atom. The predicted octanol–water partition coefficient (Wildman–Crippen LogP) is 5.38. The molecule has 31 heavy (non-hydrogen) atoms. The second kappa shape index (κ2) is 9.91. The zero-order chi connectivity index (χ0) is 23.3. The molecule has 0 aliphatic carbocycles. The van der Waals surface area contributed by atoms with Gasteiger partial charge in [-0.15, -0.1) is 0 Å². The zero-order valence-corrected chi connectivity index (χ0v) is 17.0. The van der Waals surface area contributed by atoms with Gasteiger partial charge < -0.3 is 15.6 Å². The number of aliphatic hydroxyl groups is 1. The Balaban J connectivity index is 1.97. The summed E-state index contributed by atoms with van der Waals surface area (Å²) in [6, 6.07) is 8.42. The summed E-state index contributed by atoms with van der Waals surface area (Å²) in [5, 5.41) is 9.18. The second-order valence-corrected chi connectivity index (χ2v) is 7.79. The minimum absolute atomic E-state index is 0.0190. The lowest BCUT2D eigenvalue weighted by molar-refractivity contribution is -0.139. The molecular weight excluding hydrogens is 424 g/mol. The second-order valence-electron chi connectivity index (χ2n) is 7.79. The van der Waals surface area contributed by atoms with Crippen LogP contribution in [0.5, 0.6) is 5.75 Å². The average Bonchev–Trinajstić information content (AvgIpc) is 2.69. The van der Waals surface area contributed by atoms with E-state index in [1.54, 1.807) is 6.92 Å². The van der Waals surface area contributed by atoms with E-state index in [0.717, 1.165) is 18.2 Å². The van der Waals surface area contributed by atoms with Crippen LogP contribution in [-0.4, -0.2) is 23.9 Å². The monoisotopic (exact) mass is 449 g/mol. The molecule has 0 bridgehead atoms. The highest BCUT2D eigenvalue weighted by molar-refractivity contribution is 5.39. The molecule has 0 heterocycles. The number of halogens is 6. The zero-order valence-electron chi connectivity index (χ0n) is 17.0. The molecule has 0 aliphatic rings. The topological polar surface area (TPSA) is 55.5 Å². The van der Waals surface area contributed by atoms with Gasteiger partial charge in [0.05, 0.1) is 24.3 Å². The highest BCUT2D eigenvalue weighted by atomic mass is 19.4. The third-order valence-corrected chi connectivity index (χ3v) is 4.84. The lowest BCUT2D eigenvalue weighted by Crippen LogP contribution is -2.40. The Labute approximate surface area is 176 Å². The summed E-state index contributed by atoms with van der Waals surface area (Å²) in [4.78, 5) is 0. The van der Waals surface area contributed by atoms with E-state index in [9.17, 15) is 31.4 Å². The molecule has 3 N–H and O–H groups in total. The number of alkyl halides is 6. The minimum Gasteiger partial charge on any atom is -0.493 e. The van der Waals surface area contributed by atoms with Crippen molar-refractivity contribution in [2.24, 2.45) is 5.73 Å². The number of hydrogen-bond acceptors (Lipinski definition) is 3. The average molecular weight is 449 g/mol. The molecule has 0 saturated heterocycles. The lowest BCUT2D eigenvalue weighted by Gasteiger charge is -2.22. The van der Waals surface area contributed by atoms with Crippen molar-refractivity contribution >= 4 is 0 Å². The van der Waals surface area contributed by atoms with Crippen molar-refractivity contribution in [3.63, 3.8) is 0 Å². The van der Waals surface area contributed by atoms with E-state index in [-0.39, 0.29) is 25.4 Å². The number of aryl methyl sites for hydroxylation is 2. The number of nitrogens with two attached hydrogens (primary N) is 1. The summed E-state index contributed by atoms with van der Waals surface area (Å²) in [7, 11) is 0. The van der Waals surface area contributed by atoms with Crippen molar-refractivity contribution in [3.05, 3.63) is 64.7 Å². The van der Waals surface area contributed by atoms with Crippen LogP contribution in [0.15, 0.2) is 42.5 Å². The summed E-state index contributed by atoms with van der Waals surface area (Å²) >= 11 is 0. The smallest absolute Gasteiger partial charge is 0.419 e. The molecule has 2 aromatic carbocycles. The van der Waals surface area contributed by atoms with Gasteiger partial charge in [0.2, 0.25) is 0 Å². The van der Waals surface area contributed by atoms with E-state index < -0.39 is 29.0 Å². The van der Waals surface area contributed by atoms with E-state index in [0.29, 0.717) is 30.4 Å². The van der Waals surface area contributed by atoms with Crippen molar-refractivity contribution in [1.29, 1.82) is 0 Å². The van der Waals surface area contributed by atoms with Crippen LogP contribution in [0.1, 0.15) is 42.0 Å².